The average Bonchev–Trinajstić information content (AvgIpc) is 3.04. The Morgan fingerprint density at radius 3 is 3.22 bits per heavy atom. The number of nitrogens with zero attached hydrogens (tertiary/aromatic N) is 1. The maximum Gasteiger partial charge on any atom is 0.158 e. The first-order valence-electron chi connectivity index (χ1n) is 6.53. The van der Waals surface area contributed by atoms with E-state index in [4.69, 9.17) is 4.74 Å². The molecule has 1 fully saturated rings. The topological polar surface area (TPSA) is 51.2 Å². The molecule has 0 aromatic carbocycles. The van der Waals surface area contributed by atoms with Crippen molar-refractivity contribution in [3.05, 3.63) is 29.6 Å². The molecule has 18 heavy (non-hydrogen) atoms. The molecule has 1 saturated heterocycles. The Balaban J connectivity index is 1.75. The molecule has 3 unspecified atom stereocenters. The quantitative estimate of drug-likeness (QED) is 0.866. The minimum Gasteiger partial charge on any atom is -0.380 e. The lowest BCUT2D eigenvalue weighted by Gasteiger charge is -2.15. The van der Waals surface area contributed by atoms with E-state index >= 15 is 0 Å². The van der Waals surface area contributed by atoms with Crippen molar-refractivity contribution in [3.8, 4) is 0 Å². The summed E-state index contributed by atoms with van der Waals surface area (Å²) in [5.74, 6) is 0.265. The van der Waals surface area contributed by atoms with Crippen molar-refractivity contribution in [2.75, 3.05) is 13.7 Å². The van der Waals surface area contributed by atoms with Crippen molar-refractivity contribution in [1.82, 2.24) is 10.3 Å². The SMILES string of the molecule is COC1CNC(C(=O)C2CCc3cccnc32)C1. The molecule has 4 nitrogen and oxygen atoms in total. The predicted molar refractivity (Wildman–Crippen MR) is 67.5 cm³/mol. The zero-order valence-corrected chi connectivity index (χ0v) is 10.6. The highest BCUT2D eigenvalue weighted by Gasteiger charge is 2.37. The number of carbonyl (C=O) groups is 1. The number of methoxy groups -OCH3 is 1. The summed E-state index contributed by atoms with van der Waals surface area (Å²) in [5, 5.41) is 3.26. The van der Waals surface area contributed by atoms with Crippen LogP contribution in [0.1, 0.15) is 30.0 Å². The molecule has 0 amide bonds. The third-order valence-corrected chi connectivity index (χ3v) is 4.07. The van der Waals surface area contributed by atoms with Crippen LogP contribution in [0.2, 0.25) is 0 Å². The molecule has 96 valence electrons. The maximum atomic E-state index is 12.5. The normalized spacial score (nSPS) is 30.4. The van der Waals surface area contributed by atoms with Gasteiger partial charge in [0.2, 0.25) is 0 Å². The molecular weight excluding hydrogens is 228 g/mol. The van der Waals surface area contributed by atoms with Crippen molar-refractivity contribution < 1.29 is 9.53 Å². The van der Waals surface area contributed by atoms with Crippen LogP contribution in [-0.2, 0) is 16.0 Å². The third-order valence-electron chi connectivity index (χ3n) is 4.07. The molecule has 2 aliphatic rings. The fourth-order valence-electron chi connectivity index (χ4n) is 3.03. The average molecular weight is 246 g/mol. The monoisotopic (exact) mass is 246 g/mol. The minimum absolute atomic E-state index is 0.0192. The Morgan fingerprint density at radius 2 is 2.44 bits per heavy atom. The van der Waals surface area contributed by atoms with Gasteiger partial charge in [-0.3, -0.25) is 9.78 Å². The van der Waals surface area contributed by atoms with Crippen LogP contribution in [0.15, 0.2) is 18.3 Å². The smallest absolute Gasteiger partial charge is 0.158 e. The number of carbonyl (C=O) groups excluding carboxylic acids is 1. The van der Waals surface area contributed by atoms with Crippen LogP contribution in [0.4, 0.5) is 0 Å². The van der Waals surface area contributed by atoms with E-state index in [1.807, 2.05) is 6.07 Å². The standard InChI is InChI=1S/C14H18N2O2/c1-18-10-7-12(16-8-10)14(17)11-5-4-9-3-2-6-15-13(9)11/h2-3,6,10-12,16H,4-5,7-8H2,1H3. The van der Waals surface area contributed by atoms with E-state index in [1.54, 1.807) is 13.3 Å². The van der Waals surface area contributed by atoms with E-state index in [1.165, 1.54) is 5.56 Å². The molecule has 1 N–H and O–H groups in total. The molecule has 1 aromatic heterocycles. The molecule has 3 atom stereocenters. The van der Waals surface area contributed by atoms with E-state index in [9.17, 15) is 4.79 Å². The number of hydrogen-bond acceptors (Lipinski definition) is 4. The predicted octanol–water partition coefficient (Wildman–Crippen LogP) is 1.06. The highest BCUT2D eigenvalue weighted by molar-refractivity contribution is 5.91. The molecule has 4 heteroatoms. The first-order valence-corrected chi connectivity index (χ1v) is 6.53. The number of ketones is 1. The van der Waals surface area contributed by atoms with Gasteiger partial charge in [-0.05, 0) is 30.9 Å². The Kier molecular flexibility index (Phi) is 3.14. The molecule has 1 aliphatic heterocycles. The van der Waals surface area contributed by atoms with E-state index in [0.29, 0.717) is 0 Å². The van der Waals surface area contributed by atoms with E-state index in [2.05, 4.69) is 16.4 Å². The van der Waals surface area contributed by atoms with Crippen molar-refractivity contribution >= 4 is 5.78 Å². The second-order valence-corrected chi connectivity index (χ2v) is 5.10. The number of aromatic nitrogens is 1. The van der Waals surface area contributed by atoms with Crippen LogP contribution in [0.5, 0.6) is 0 Å². The van der Waals surface area contributed by atoms with Gasteiger partial charge in [-0.15, -0.1) is 0 Å². The molecule has 0 radical (unpaired) electrons. The number of rotatable bonds is 3. The second kappa shape index (κ2) is 4.78. The van der Waals surface area contributed by atoms with Gasteiger partial charge in [0, 0.05) is 19.9 Å². The number of pyridine rings is 1. The number of Topliss-reactive ketones (excluding diaryl/α,β-unsaturated/α-hetero) is 1. The summed E-state index contributed by atoms with van der Waals surface area (Å²) in [7, 11) is 1.70. The largest absolute Gasteiger partial charge is 0.380 e. The maximum absolute atomic E-state index is 12.5. The van der Waals surface area contributed by atoms with Gasteiger partial charge in [0.25, 0.3) is 0 Å². The molecule has 1 aromatic rings. The Morgan fingerprint density at radius 1 is 1.56 bits per heavy atom. The number of ether oxygens (including phenoxy) is 1. The van der Waals surface area contributed by atoms with Gasteiger partial charge in [0.05, 0.1) is 23.8 Å². The van der Waals surface area contributed by atoms with Gasteiger partial charge < -0.3 is 10.1 Å². The molecule has 1 aliphatic carbocycles. The lowest BCUT2D eigenvalue weighted by molar-refractivity contribution is -0.122. The lowest BCUT2D eigenvalue weighted by Crippen LogP contribution is -2.34. The summed E-state index contributed by atoms with van der Waals surface area (Å²) in [4.78, 5) is 16.9. The van der Waals surface area contributed by atoms with Gasteiger partial charge in [0.15, 0.2) is 5.78 Å². The number of fused-ring (bicyclic) bond motifs is 1. The zero-order chi connectivity index (χ0) is 12.5. The van der Waals surface area contributed by atoms with Crippen LogP contribution in [0.3, 0.4) is 0 Å². The van der Waals surface area contributed by atoms with Crippen LogP contribution < -0.4 is 5.32 Å². The molecule has 0 spiro atoms. The fraction of sp³-hybridized carbons (Fsp3) is 0.571. The van der Waals surface area contributed by atoms with Crippen LogP contribution in [0.25, 0.3) is 0 Å². The minimum atomic E-state index is -0.0621. The number of nitrogens with one attached hydrogen (secondary N) is 1. The van der Waals surface area contributed by atoms with Gasteiger partial charge in [-0.2, -0.15) is 0 Å². The Labute approximate surface area is 107 Å². The van der Waals surface area contributed by atoms with E-state index < -0.39 is 0 Å². The van der Waals surface area contributed by atoms with Gasteiger partial charge in [-0.1, -0.05) is 6.07 Å². The summed E-state index contributed by atoms with van der Waals surface area (Å²) < 4.78 is 5.29. The van der Waals surface area contributed by atoms with Gasteiger partial charge >= 0.3 is 0 Å². The van der Waals surface area contributed by atoms with Crippen molar-refractivity contribution in [2.24, 2.45) is 0 Å². The highest BCUT2D eigenvalue weighted by atomic mass is 16.5. The molecule has 0 saturated carbocycles. The summed E-state index contributed by atoms with van der Waals surface area (Å²) in [6, 6.07) is 3.96. The molecule has 3 rings (SSSR count). The Bertz CT molecular complexity index is 461. The van der Waals surface area contributed by atoms with Crippen LogP contribution in [0, 0.1) is 0 Å². The van der Waals surface area contributed by atoms with Gasteiger partial charge in [0.1, 0.15) is 0 Å². The van der Waals surface area contributed by atoms with E-state index in [0.717, 1.165) is 31.5 Å². The van der Waals surface area contributed by atoms with Crippen LogP contribution in [-0.4, -0.2) is 36.6 Å². The molecule has 2 heterocycles. The first-order chi connectivity index (χ1) is 8.79. The highest BCUT2D eigenvalue weighted by Crippen LogP contribution is 2.33. The zero-order valence-electron chi connectivity index (χ0n) is 10.6. The van der Waals surface area contributed by atoms with Gasteiger partial charge in [-0.25, -0.2) is 0 Å². The lowest BCUT2D eigenvalue weighted by atomic mass is 9.94. The number of aryl methyl sites for hydroxylation is 1. The van der Waals surface area contributed by atoms with Crippen molar-refractivity contribution in [3.63, 3.8) is 0 Å². The fourth-order valence-corrected chi connectivity index (χ4v) is 3.03. The third kappa shape index (κ3) is 1.95. The molecule has 0 bridgehead atoms. The van der Waals surface area contributed by atoms with E-state index in [-0.39, 0.29) is 23.8 Å². The Hall–Kier alpha value is -1.26. The molecular formula is C14H18N2O2. The van der Waals surface area contributed by atoms with Crippen molar-refractivity contribution in [1.29, 1.82) is 0 Å². The summed E-state index contributed by atoms with van der Waals surface area (Å²) in [5.41, 5.74) is 2.22. The summed E-state index contributed by atoms with van der Waals surface area (Å²) in [6.45, 7) is 0.773. The van der Waals surface area contributed by atoms with Crippen molar-refractivity contribution in [2.45, 2.75) is 37.3 Å². The first kappa shape index (κ1) is 11.8. The van der Waals surface area contributed by atoms with Crippen LogP contribution >= 0.6 is 0 Å². The second-order valence-electron chi connectivity index (χ2n) is 5.10. The summed E-state index contributed by atoms with van der Waals surface area (Å²) >= 11 is 0. The number of hydrogen-bond donors (Lipinski definition) is 1. The summed E-state index contributed by atoms with van der Waals surface area (Å²) in [6.07, 6.45) is 4.61.